The summed E-state index contributed by atoms with van der Waals surface area (Å²) in [5.74, 6) is -0.863. The van der Waals surface area contributed by atoms with Gasteiger partial charge in [0.2, 0.25) is 0 Å². The van der Waals surface area contributed by atoms with Crippen LogP contribution in [0.4, 0.5) is 10.1 Å². The number of aryl methyl sites for hydroxylation is 2. The van der Waals surface area contributed by atoms with Crippen molar-refractivity contribution in [2.75, 3.05) is 11.4 Å². The third kappa shape index (κ3) is 2.07. The summed E-state index contributed by atoms with van der Waals surface area (Å²) in [6, 6.07) is 7.44. The zero-order valence-electron chi connectivity index (χ0n) is 11.3. The molecule has 1 aliphatic rings. The van der Waals surface area contributed by atoms with Gasteiger partial charge in [0.25, 0.3) is 5.91 Å². The smallest absolute Gasteiger partial charge is 0.261 e. The molecule has 0 aliphatic carbocycles. The molecule has 1 aromatic heterocycles. The van der Waals surface area contributed by atoms with Gasteiger partial charge in [-0.1, -0.05) is 18.2 Å². The maximum absolute atomic E-state index is 13.8. The maximum atomic E-state index is 13.8. The summed E-state index contributed by atoms with van der Waals surface area (Å²) >= 11 is 0. The highest BCUT2D eigenvalue weighted by Gasteiger charge is 2.26. The molecule has 0 N–H and O–H groups in total. The van der Waals surface area contributed by atoms with Crippen LogP contribution in [-0.4, -0.2) is 17.4 Å². The zero-order valence-corrected chi connectivity index (χ0v) is 11.3. The maximum Gasteiger partial charge on any atom is 0.261 e. The second-order valence-corrected chi connectivity index (χ2v) is 5.00. The number of nitrogens with zero attached hydrogens (tertiary/aromatic N) is 2. The van der Waals surface area contributed by atoms with Gasteiger partial charge in [-0.05, 0) is 37.0 Å². The van der Waals surface area contributed by atoms with Crippen LogP contribution >= 0.6 is 0 Å². The molecule has 3 rings (SSSR count). The van der Waals surface area contributed by atoms with Gasteiger partial charge in [-0.15, -0.1) is 0 Å². The van der Waals surface area contributed by atoms with E-state index in [2.05, 4.69) is 4.98 Å². The number of aromatic nitrogens is 1. The average molecular weight is 270 g/mol. The Morgan fingerprint density at radius 2 is 2.20 bits per heavy atom. The third-order valence-electron chi connectivity index (χ3n) is 3.67. The lowest BCUT2D eigenvalue weighted by Gasteiger charge is -2.31. The zero-order chi connectivity index (χ0) is 14.1. The SMILES string of the molecule is Cc1cccc2c1N(C(=O)c1ccncc1F)CCC2. The minimum Gasteiger partial charge on any atom is -0.308 e. The number of carbonyl (C=O) groups is 1. The van der Waals surface area contributed by atoms with Gasteiger partial charge in [0, 0.05) is 12.7 Å². The lowest BCUT2D eigenvalue weighted by molar-refractivity contribution is 0.0981. The minimum atomic E-state index is -0.571. The van der Waals surface area contributed by atoms with Crippen molar-refractivity contribution in [3.8, 4) is 0 Å². The number of anilines is 1. The van der Waals surface area contributed by atoms with Gasteiger partial charge in [0.15, 0.2) is 5.82 Å². The summed E-state index contributed by atoms with van der Waals surface area (Å²) in [7, 11) is 0. The number of para-hydroxylation sites is 1. The molecule has 1 aliphatic heterocycles. The number of carbonyl (C=O) groups excluding carboxylic acids is 1. The number of amides is 1. The first kappa shape index (κ1) is 12.8. The number of hydrogen-bond acceptors (Lipinski definition) is 2. The van der Waals surface area contributed by atoms with E-state index in [1.54, 1.807) is 4.90 Å². The van der Waals surface area contributed by atoms with Gasteiger partial charge in [-0.3, -0.25) is 9.78 Å². The number of rotatable bonds is 1. The highest BCUT2D eigenvalue weighted by molar-refractivity contribution is 6.07. The molecule has 0 fully saturated rings. The van der Waals surface area contributed by atoms with Crippen LogP contribution in [0, 0.1) is 12.7 Å². The molecule has 0 atom stereocenters. The van der Waals surface area contributed by atoms with Crippen LogP contribution in [0.1, 0.15) is 27.9 Å². The summed E-state index contributed by atoms with van der Waals surface area (Å²) in [4.78, 5) is 18.0. The van der Waals surface area contributed by atoms with Crippen LogP contribution in [-0.2, 0) is 6.42 Å². The van der Waals surface area contributed by atoms with Crippen molar-refractivity contribution in [3.63, 3.8) is 0 Å². The van der Waals surface area contributed by atoms with E-state index < -0.39 is 5.82 Å². The Bertz CT molecular complexity index is 669. The molecule has 1 aromatic carbocycles. The van der Waals surface area contributed by atoms with Crippen LogP contribution in [0.3, 0.4) is 0 Å². The van der Waals surface area contributed by atoms with Crippen molar-refractivity contribution in [1.82, 2.24) is 4.98 Å². The van der Waals surface area contributed by atoms with Gasteiger partial charge in [0.1, 0.15) is 0 Å². The first-order chi connectivity index (χ1) is 9.68. The number of halogens is 1. The molecule has 2 heterocycles. The molecule has 0 spiro atoms. The van der Waals surface area contributed by atoms with Crippen molar-refractivity contribution in [2.24, 2.45) is 0 Å². The van der Waals surface area contributed by atoms with Gasteiger partial charge in [-0.2, -0.15) is 0 Å². The van der Waals surface area contributed by atoms with Crippen molar-refractivity contribution < 1.29 is 9.18 Å². The Morgan fingerprint density at radius 3 is 3.00 bits per heavy atom. The van der Waals surface area contributed by atoms with Crippen molar-refractivity contribution in [3.05, 3.63) is 59.2 Å². The summed E-state index contributed by atoms with van der Waals surface area (Å²) < 4.78 is 13.8. The van der Waals surface area contributed by atoms with E-state index in [0.717, 1.165) is 35.9 Å². The lowest BCUT2D eigenvalue weighted by Crippen LogP contribution is -2.36. The molecular formula is C16H15FN2O. The highest BCUT2D eigenvalue weighted by Crippen LogP contribution is 2.31. The minimum absolute atomic E-state index is 0.0797. The molecule has 0 saturated carbocycles. The Labute approximate surface area is 117 Å². The van der Waals surface area contributed by atoms with Crippen LogP contribution in [0.25, 0.3) is 0 Å². The number of pyridine rings is 1. The second kappa shape index (κ2) is 5.04. The van der Waals surface area contributed by atoms with Gasteiger partial charge in [-0.25, -0.2) is 4.39 Å². The Balaban J connectivity index is 2.05. The van der Waals surface area contributed by atoms with E-state index in [-0.39, 0.29) is 11.5 Å². The van der Waals surface area contributed by atoms with Crippen molar-refractivity contribution in [1.29, 1.82) is 0 Å². The Kier molecular flexibility index (Phi) is 3.22. The van der Waals surface area contributed by atoms with Crippen molar-refractivity contribution in [2.45, 2.75) is 19.8 Å². The predicted octanol–water partition coefficient (Wildman–Crippen LogP) is 3.12. The summed E-state index contributed by atoms with van der Waals surface area (Å²) in [6.07, 6.45) is 4.38. The van der Waals surface area contributed by atoms with Crippen molar-refractivity contribution >= 4 is 11.6 Å². The topological polar surface area (TPSA) is 33.2 Å². The molecular weight excluding hydrogens is 255 g/mol. The first-order valence-electron chi connectivity index (χ1n) is 6.68. The Hall–Kier alpha value is -2.23. The third-order valence-corrected chi connectivity index (χ3v) is 3.67. The Morgan fingerprint density at radius 1 is 1.35 bits per heavy atom. The molecule has 0 bridgehead atoms. The van der Waals surface area contributed by atoms with E-state index in [1.807, 2.05) is 25.1 Å². The normalized spacial score (nSPS) is 14.0. The molecule has 4 heteroatoms. The molecule has 0 radical (unpaired) electrons. The largest absolute Gasteiger partial charge is 0.308 e. The van der Waals surface area contributed by atoms with Crippen LogP contribution in [0.5, 0.6) is 0 Å². The summed E-state index contributed by atoms with van der Waals surface area (Å²) in [5.41, 5.74) is 3.21. The summed E-state index contributed by atoms with van der Waals surface area (Å²) in [5, 5.41) is 0. The highest BCUT2D eigenvalue weighted by atomic mass is 19.1. The van der Waals surface area contributed by atoms with Crippen LogP contribution in [0.2, 0.25) is 0 Å². The first-order valence-corrected chi connectivity index (χ1v) is 6.68. The van der Waals surface area contributed by atoms with Gasteiger partial charge in [0.05, 0.1) is 17.4 Å². The van der Waals surface area contributed by atoms with E-state index in [4.69, 9.17) is 0 Å². The molecule has 0 unspecified atom stereocenters. The number of fused-ring (bicyclic) bond motifs is 1. The van der Waals surface area contributed by atoms with E-state index >= 15 is 0 Å². The fraction of sp³-hybridized carbons (Fsp3) is 0.250. The number of benzene rings is 1. The standard InChI is InChI=1S/C16H15FN2O/c1-11-4-2-5-12-6-3-9-19(15(11)12)16(20)13-7-8-18-10-14(13)17/h2,4-5,7-8,10H,3,6,9H2,1H3. The number of hydrogen-bond donors (Lipinski definition) is 0. The lowest BCUT2D eigenvalue weighted by atomic mass is 9.97. The predicted molar refractivity (Wildman–Crippen MR) is 75.4 cm³/mol. The molecule has 0 saturated heterocycles. The van der Waals surface area contributed by atoms with Gasteiger partial charge < -0.3 is 4.90 Å². The van der Waals surface area contributed by atoms with Crippen LogP contribution in [0.15, 0.2) is 36.7 Å². The quantitative estimate of drug-likeness (QED) is 0.797. The fourth-order valence-corrected chi connectivity index (χ4v) is 2.74. The second-order valence-electron chi connectivity index (χ2n) is 5.00. The average Bonchev–Trinajstić information content (AvgIpc) is 2.47. The fourth-order valence-electron chi connectivity index (χ4n) is 2.74. The van der Waals surface area contributed by atoms with E-state index in [0.29, 0.717) is 6.54 Å². The van der Waals surface area contributed by atoms with E-state index in [1.165, 1.54) is 12.3 Å². The van der Waals surface area contributed by atoms with Crippen LogP contribution < -0.4 is 4.90 Å². The van der Waals surface area contributed by atoms with Gasteiger partial charge >= 0.3 is 0 Å². The molecule has 3 nitrogen and oxygen atoms in total. The molecule has 102 valence electrons. The molecule has 20 heavy (non-hydrogen) atoms. The summed E-state index contributed by atoms with van der Waals surface area (Å²) in [6.45, 7) is 2.60. The van der Waals surface area contributed by atoms with E-state index in [9.17, 15) is 9.18 Å². The monoisotopic (exact) mass is 270 g/mol. The molecule has 2 aromatic rings. The molecule has 1 amide bonds.